The van der Waals surface area contributed by atoms with Crippen LogP contribution < -0.4 is 4.74 Å². The van der Waals surface area contributed by atoms with Gasteiger partial charge in [0.15, 0.2) is 12.4 Å². The number of methoxy groups -OCH3 is 1. The number of nitrogens with zero attached hydrogens (tertiary/aromatic N) is 1. The van der Waals surface area contributed by atoms with Crippen molar-refractivity contribution in [1.29, 1.82) is 0 Å². The van der Waals surface area contributed by atoms with E-state index in [1.165, 1.54) is 7.11 Å². The number of hydrogen-bond donors (Lipinski definition) is 0. The molecule has 0 radical (unpaired) electrons. The summed E-state index contributed by atoms with van der Waals surface area (Å²) in [4.78, 5) is 24.9. The molecule has 2 aromatic carbocycles. The maximum Gasteiger partial charge on any atom is 0.344 e. The summed E-state index contributed by atoms with van der Waals surface area (Å²) in [5.41, 5.74) is 1.73. The van der Waals surface area contributed by atoms with Crippen LogP contribution in [0.1, 0.15) is 26.5 Å². The Kier molecular flexibility index (Phi) is 5.71. The Balaban J connectivity index is 1.74. The van der Waals surface area contributed by atoms with Gasteiger partial charge in [0.05, 0.1) is 11.6 Å². The van der Waals surface area contributed by atoms with Gasteiger partial charge in [-0.2, -0.15) is 0 Å². The first kappa shape index (κ1) is 18.8. The van der Waals surface area contributed by atoms with Crippen molar-refractivity contribution in [3.05, 3.63) is 69.9 Å². The van der Waals surface area contributed by atoms with Gasteiger partial charge in [0.2, 0.25) is 0 Å². The van der Waals surface area contributed by atoms with E-state index >= 15 is 0 Å². The quantitative estimate of drug-likeness (QED) is 0.425. The second-order valence-electron chi connectivity index (χ2n) is 5.68. The lowest BCUT2D eigenvalue weighted by Crippen LogP contribution is -2.15. The Labute approximate surface area is 164 Å². The number of hydrogen-bond acceptors (Lipinski definition) is 6. The van der Waals surface area contributed by atoms with Gasteiger partial charge in [-0.1, -0.05) is 35.5 Å². The summed E-state index contributed by atoms with van der Waals surface area (Å²) in [6.45, 7) is 1.23. The minimum absolute atomic E-state index is 0.213. The number of rotatable bonds is 6. The number of benzene rings is 2. The maximum absolute atomic E-state index is 12.5. The van der Waals surface area contributed by atoms with Crippen molar-refractivity contribution in [2.45, 2.75) is 6.92 Å². The lowest BCUT2D eigenvalue weighted by molar-refractivity contribution is 0.0473. The highest BCUT2D eigenvalue weighted by Gasteiger charge is 2.24. The summed E-state index contributed by atoms with van der Waals surface area (Å²) in [6.07, 6.45) is 0. The number of aromatic nitrogens is 1. The molecule has 0 fully saturated rings. The standard InChI is InChI=1S/C20H16BrNO5/c1-12-18(19(22-27-12)13-6-4-3-5-7-13)20(24)26-11-16(23)14-8-9-17(25-2)15(21)10-14/h3-10H,11H2,1-2H3. The number of carbonyl (C=O) groups is 2. The van der Waals surface area contributed by atoms with Crippen LogP contribution in [0.4, 0.5) is 0 Å². The molecule has 6 nitrogen and oxygen atoms in total. The first-order valence-corrected chi connectivity index (χ1v) is 8.86. The Morgan fingerprint density at radius 3 is 2.56 bits per heavy atom. The van der Waals surface area contributed by atoms with Crippen LogP contribution in [-0.2, 0) is 4.74 Å². The molecule has 0 aliphatic rings. The predicted octanol–water partition coefficient (Wildman–Crippen LogP) is 4.46. The Bertz CT molecular complexity index is 981. The van der Waals surface area contributed by atoms with Gasteiger partial charge in [-0.15, -0.1) is 0 Å². The van der Waals surface area contributed by atoms with Gasteiger partial charge in [0.25, 0.3) is 0 Å². The van der Waals surface area contributed by atoms with Gasteiger partial charge in [-0.05, 0) is 41.1 Å². The minimum atomic E-state index is -0.659. The van der Waals surface area contributed by atoms with E-state index in [0.717, 1.165) is 5.56 Å². The number of halogens is 1. The van der Waals surface area contributed by atoms with Gasteiger partial charge in [-0.25, -0.2) is 4.79 Å². The molecule has 0 saturated carbocycles. The lowest BCUT2D eigenvalue weighted by atomic mass is 10.1. The second kappa shape index (κ2) is 8.18. The van der Waals surface area contributed by atoms with Crippen molar-refractivity contribution in [3.63, 3.8) is 0 Å². The van der Waals surface area contributed by atoms with Crippen LogP contribution >= 0.6 is 15.9 Å². The molecule has 0 bridgehead atoms. The summed E-state index contributed by atoms with van der Waals surface area (Å²) in [5.74, 6) is -0.0507. The van der Waals surface area contributed by atoms with Crippen LogP contribution in [0, 0.1) is 6.92 Å². The molecule has 3 rings (SSSR count). The van der Waals surface area contributed by atoms with E-state index in [2.05, 4.69) is 21.1 Å². The Morgan fingerprint density at radius 1 is 1.15 bits per heavy atom. The van der Waals surface area contributed by atoms with E-state index in [0.29, 0.717) is 27.2 Å². The van der Waals surface area contributed by atoms with E-state index in [9.17, 15) is 9.59 Å². The molecule has 0 aliphatic carbocycles. The largest absolute Gasteiger partial charge is 0.496 e. The number of carbonyl (C=O) groups excluding carboxylic acids is 2. The van der Waals surface area contributed by atoms with E-state index < -0.39 is 12.6 Å². The fourth-order valence-corrected chi connectivity index (χ4v) is 3.07. The molecule has 27 heavy (non-hydrogen) atoms. The number of aryl methyl sites for hydroxylation is 1. The van der Waals surface area contributed by atoms with Crippen molar-refractivity contribution >= 4 is 27.7 Å². The molecule has 0 N–H and O–H groups in total. The molecule has 3 aromatic rings. The molecule has 1 heterocycles. The van der Waals surface area contributed by atoms with Gasteiger partial charge >= 0.3 is 5.97 Å². The molecule has 0 amide bonds. The highest BCUT2D eigenvalue weighted by Crippen LogP contribution is 2.27. The summed E-state index contributed by atoms with van der Waals surface area (Å²) in [6, 6.07) is 14.0. The summed E-state index contributed by atoms with van der Waals surface area (Å²) >= 11 is 3.33. The third-order valence-electron chi connectivity index (χ3n) is 3.92. The van der Waals surface area contributed by atoms with Gasteiger partial charge in [-0.3, -0.25) is 4.79 Å². The highest BCUT2D eigenvalue weighted by molar-refractivity contribution is 9.10. The Hall–Kier alpha value is -2.93. The van der Waals surface area contributed by atoms with Crippen molar-refractivity contribution < 1.29 is 23.6 Å². The van der Waals surface area contributed by atoms with Gasteiger partial charge < -0.3 is 14.0 Å². The monoisotopic (exact) mass is 429 g/mol. The van der Waals surface area contributed by atoms with Crippen molar-refractivity contribution in [2.75, 3.05) is 13.7 Å². The third-order valence-corrected chi connectivity index (χ3v) is 4.54. The average molecular weight is 430 g/mol. The molecule has 0 spiro atoms. The number of esters is 1. The van der Waals surface area contributed by atoms with E-state index in [-0.39, 0.29) is 11.3 Å². The van der Waals surface area contributed by atoms with Crippen LogP contribution in [0.5, 0.6) is 5.75 Å². The summed E-state index contributed by atoms with van der Waals surface area (Å²) < 4.78 is 16.1. The highest BCUT2D eigenvalue weighted by atomic mass is 79.9. The van der Waals surface area contributed by atoms with Crippen molar-refractivity contribution in [3.8, 4) is 17.0 Å². The third kappa shape index (κ3) is 4.09. The molecular weight excluding hydrogens is 414 g/mol. The van der Waals surface area contributed by atoms with E-state index in [1.807, 2.05) is 30.3 Å². The molecule has 0 saturated heterocycles. The zero-order valence-corrected chi connectivity index (χ0v) is 16.3. The first-order chi connectivity index (χ1) is 13.0. The first-order valence-electron chi connectivity index (χ1n) is 8.06. The van der Waals surface area contributed by atoms with Gasteiger partial charge in [0.1, 0.15) is 22.8 Å². The minimum Gasteiger partial charge on any atom is -0.496 e. The zero-order valence-electron chi connectivity index (χ0n) is 14.7. The zero-order chi connectivity index (χ0) is 19.4. The number of ketones is 1. The van der Waals surface area contributed by atoms with Crippen LogP contribution in [0.15, 0.2) is 57.5 Å². The molecular formula is C20H16BrNO5. The number of Topliss-reactive ketones (excluding diaryl/α,β-unsaturated/α-hetero) is 1. The smallest absolute Gasteiger partial charge is 0.344 e. The molecule has 1 aromatic heterocycles. The number of ether oxygens (including phenoxy) is 2. The van der Waals surface area contributed by atoms with Gasteiger partial charge in [0, 0.05) is 11.1 Å². The summed E-state index contributed by atoms with van der Waals surface area (Å²) in [5, 5.41) is 3.94. The fourth-order valence-electron chi connectivity index (χ4n) is 2.53. The molecule has 0 atom stereocenters. The van der Waals surface area contributed by atoms with E-state index in [4.69, 9.17) is 14.0 Å². The molecule has 7 heteroatoms. The topological polar surface area (TPSA) is 78.6 Å². The predicted molar refractivity (Wildman–Crippen MR) is 102 cm³/mol. The van der Waals surface area contributed by atoms with Crippen molar-refractivity contribution in [1.82, 2.24) is 5.16 Å². The van der Waals surface area contributed by atoms with E-state index in [1.54, 1.807) is 25.1 Å². The van der Waals surface area contributed by atoms with Crippen LogP contribution in [0.2, 0.25) is 0 Å². The van der Waals surface area contributed by atoms with Crippen LogP contribution in [-0.4, -0.2) is 30.6 Å². The SMILES string of the molecule is COc1ccc(C(=O)COC(=O)c2c(-c3ccccc3)noc2C)cc1Br. The normalized spacial score (nSPS) is 10.5. The Morgan fingerprint density at radius 2 is 1.89 bits per heavy atom. The van der Waals surface area contributed by atoms with Crippen LogP contribution in [0.25, 0.3) is 11.3 Å². The van der Waals surface area contributed by atoms with Crippen LogP contribution in [0.3, 0.4) is 0 Å². The second-order valence-corrected chi connectivity index (χ2v) is 6.53. The average Bonchev–Trinajstić information content (AvgIpc) is 3.08. The van der Waals surface area contributed by atoms with Crippen molar-refractivity contribution in [2.24, 2.45) is 0 Å². The molecule has 0 unspecified atom stereocenters. The summed E-state index contributed by atoms with van der Waals surface area (Å²) in [7, 11) is 1.54. The maximum atomic E-state index is 12.5. The molecule has 0 aliphatic heterocycles. The molecule has 138 valence electrons. The lowest BCUT2D eigenvalue weighted by Gasteiger charge is -2.07. The fraction of sp³-hybridized carbons (Fsp3) is 0.150.